The maximum Gasteiger partial charge on any atom is 0.335 e. The third-order valence-corrected chi connectivity index (χ3v) is 4.67. The Bertz CT molecular complexity index is 642. The molecule has 0 spiro atoms. The van der Waals surface area contributed by atoms with E-state index < -0.39 is 16.1 Å². The van der Waals surface area contributed by atoms with Crippen LogP contribution in [-0.2, 0) is 19.7 Å². The number of aliphatic hydroxyl groups is 1. The lowest BCUT2D eigenvalue weighted by Gasteiger charge is -2.34. The molecule has 1 amide bonds. The van der Waals surface area contributed by atoms with Crippen molar-refractivity contribution in [1.29, 1.82) is 0 Å². The number of ether oxygens (including phenoxy) is 1. The van der Waals surface area contributed by atoms with Gasteiger partial charge >= 0.3 is 10.2 Å². The number of anilines is 1. The molecule has 0 saturated heterocycles. The lowest BCUT2D eigenvalue weighted by molar-refractivity contribution is -0.113. The van der Waals surface area contributed by atoms with Crippen LogP contribution in [0.3, 0.4) is 0 Å². The number of amides is 1. The first-order valence-corrected chi connectivity index (χ1v) is 7.67. The van der Waals surface area contributed by atoms with Crippen molar-refractivity contribution in [1.82, 2.24) is 4.31 Å². The Morgan fingerprint density at radius 1 is 1.24 bits per heavy atom. The third-order valence-electron chi connectivity index (χ3n) is 2.87. The van der Waals surface area contributed by atoms with Crippen LogP contribution in [0.2, 0.25) is 0 Å². The first-order chi connectivity index (χ1) is 9.98. The molecule has 21 heavy (non-hydrogen) atoms. The van der Waals surface area contributed by atoms with Crippen LogP contribution in [0.25, 0.3) is 0 Å². The second-order valence-electron chi connectivity index (χ2n) is 4.34. The van der Waals surface area contributed by atoms with Crippen molar-refractivity contribution >= 4 is 21.8 Å². The van der Waals surface area contributed by atoms with Gasteiger partial charge in [-0.3, -0.25) is 4.79 Å². The van der Waals surface area contributed by atoms with E-state index in [4.69, 9.17) is 9.84 Å². The molecule has 0 aliphatic carbocycles. The molecule has 8 heteroatoms. The van der Waals surface area contributed by atoms with Crippen LogP contribution < -0.4 is 4.31 Å². The molecule has 0 saturated carbocycles. The Balaban J connectivity index is 2.37. The van der Waals surface area contributed by atoms with Crippen molar-refractivity contribution in [3.63, 3.8) is 0 Å². The van der Waals surface area contributed by atoms with Crippen LogP contribution in [0.4, 0.5) is 5.69 Å². The number of benzene rings is 1. The Hall–Kier alpha value is -1.90. The second-order valence-corrected chi connectivity index (χ2v) is 6.04. The highest BCUT2D eigenvalue weighted by Crippen LogP contribution is 2.27. The van der Waals surface area contributed by atoms with Gasteiger partial charge in [0.2, 0.25) is 0 Å². The largest absolute Gasteiger partial charge is 0.394 e. The molecule has 0 bridgehead atoms. The summed E-state index contributed by atoms with van der Waals surface area (Å²) in [6, 6.07) is 8.10. The van der Waals surface area contributed by atoms with Gasteiger partial charge in [-0.15, -0.1) is 0 Å². The highest BCUT2D eigenvalue weighted by molar-refractivity contribution is 7.91. The molecule has 1 heterocycles. The van der Waals surface area contributed by atoms with Gasteiger partial charge in [-0.1, -0.05) is 18.2 Å². The van der Waals surface area contributed by atoms with Crippen LogP contribution in [0.5, 0.6) is 0 Å². The van der Waals surface area contributed by atoms with Crippen molar-refractivity contribution in [2.75, 3.05) is 24.2 Å². The Morgan fingerprint density at radius 3 is 2.52 bits per heavy atom. The topological polar surface area (TPSA) is 87.2 Å². The number of carbonyl (C=O) groups excluding carboxylic acids is 1. The second kappa shape index (κ2) is 6.25. The maximum atomic E-state index is 12.6. The number of hydrogen-bond donors (Lipinski definition) is 1. The van der Waals surface area contributed by atoms with Crippen LogP contribution in [0, 0.1) is 0 Å². The minimum Gasteiger partial charge on any atom is -0.394 e. The number of rotatable bonds is 5. The summed E-state index contributed by atoms with van der Waals surface area (Å²) >= 11 is 0. The molecule has 2 rings (SSSR count). The zero-order chi connectivity index (χ0) is 15.5. The fourth-order valence-corrected chi connectivity index (χ4v) is 3.40. The fourth-order valence-electron chi connectivity index (χ4n) is 1.91. The van der Waals surface area contributed by atoms with E-state index in [1.807, 2.05) is 0 Å². The molecule has 0 fully saturated rings. The van der Waals surface area contributed by atoms with Crippen LogP contribution in [-0.4, -0.2) is 43.7 Å². The van der Waals surface area contributed by atoms with Gasteiger partial charge in [0, 0.05) is 11.8 Å². The van der Waals surface area contributed by atoms with Crippen LogP contribution >= 0.6 is 0 Å². The lowest BCUT2D eigenvalue weighted by Crippen LogP contribution is -2.50. The summed E-state index contributed by atoms with van der Waals surface area (Å²) in [4.78, 5) is 12.1. The summed E-state index contributed by atoms with van der Waals surface area (Å²) in [5.74, 6) is -0.628. The zero-order valence-corrected chi connectivity index (χ0v) is 12.3. The number of aliphatic hydroxyl groups excluding tert-OH is 1. The lowest BCUT2D eigenvalue weighted by atomic mass is 10.3. The number of allylic oxidation sites excluding steroid dienone is 1. The van der Waals surface area contributed by atoms with E-state index in [1.54, 1.807) is 18.2 Å². The van der Waals surface area contributed by atoms with Crippen LogP contribution in [0.15, 0.2) is 42.1 Å². The number of hydrogen-bond acceptors (Lipinski definition) is 5. The maximum absolute atomic E-state index is 12.6. The van der Waals surface area contributed by atoms with Gasteiger partial charge in [0.15, 0.2) is 0 Å². The smallest absolute Gasteiger partial charge is 0.335 e. The monoisotopic (exact) mass is 312 g/mol. The van der Waals surface area contributed by atoms with Gasteiger partial charge < -0.3 is 9.84 Å². The highest BCUT2D eigenvalue weighted by atomic mass is 32.2. The molecular weight excluding hydrogens is 296 g/mol. The third kappa shape index (κ3) is 3.07. The van der Waals surface area contributed by atoms with Crippen molar-refractivity contribution < 1.29 is 23.1 Å². The van der Waals surface area contributed by atoms with Gasteiger partial charge in [0.1, 0.15) is 6.73 Å². The Labute approximate surface area is 123 Å². The molecule has 1 aliphatic rings. The van der Waals surface area contributed by atoms with E-state index in [-0.39, 0.29) is 31.3 Å². The van der Waals surface area contributed by atoms with Crippen molar-refractivity contribution in [2.45, 2.75) is 6.92 Å². The van der Waals surface area contributed by atoms with E-state index in [0.717, 1.165) is 8.61 Å². The van der Waals surface area contributed by atoms with Gasteiger partial charge in [-0.05, 0) is 19.1 Å². The minimum atomic E-state index is -4.05. The molecule has 1 aromatic rings. The molecular formula is C13H16N2O5S. The predicted molar refractivity (Wildman–Crippen MR) is 76.3 cm³/mol. The number of para-hydroxylation sites is 1. The average Bonchev–Trinajstić information content (AvgIpc) is 2.43. The summed E-state index contributed by atoms with van der Waals surface area (Å²) in [7, 11) is -4.05. The Kier molecular flexibility index (Phi) is 4.61. The Morgan fingerprint density at radius 2 is 1.90 bits per heavy atom. The molecule has 1 aromatic carbocycles. The first kappa shape index (κ1) is 15.5. The molecule has 0 unspecified atom stereocenters. The zero-order valence-electron chi connectivity index (χ0n) is 11.5. The van der Waals surface area contributed by atoms with Crippen LogP contribution in [0.1, 0.15) is 6.92 Å². The van der Waals surface area contributed by atoms with E-state index in [0.29, 0.717) is 0 Å². The first-order valence-electron chi connectivity index (χ1n) is 6.27. The van der Waals surface area contributed by atoms with E-state index in [1.165, 1.54) is 25.1 Å². The number of carbonyl (C=O) groups is 1. The average molecular weight is 312 g/mol. The fraction of sp³-hybridized carbons (Fsp3) is 0.308. The highest BCUT2D eigenvalue weighted by Gasteiger charge is 2.38. The predicted octanol–water partition coefficient (Wildman–Crippen LogP) is 0.450. The summed E-state index contributed by atoms with van der Waals surface area (Å²) < 4.78 is 31.9. The van der Waals surface area contributed by atoms with E-state index >= 15 is 0 Å². The van der Waals surface area contributed by atoms with Crippen molar-refractivity contribution in [3.05, 3.63) is 42.1 Å². The molecule has 0 radical (unpaired) electrons. The normalized spacial score (nSPS) is 17.8. The van der Waals surface area contributed by atoms with E-state index in [2.05, 4.69) is 0 Å². The molecule has 114 valence electrons. The molecule has 0 aromatic heterocycles. The molecule has 7 nitrogen and oxygen atoms in total. The van der Waals surface area contributed by atoms with Gasteiger partial charge in [0.05, 0.1) is 18.9 Å². The standard InChI is InChI=1S/C13H16N2O5S/c1-11-9-13(17)15(12-5-3-2-4-6-12)21(18,19)14(11)10-20-8-7-16/h2-6,9,16H,7-8,10H2,1H3. The van der Waals surface area contributed by atoms with Gasteiger partial charge in [-0.2, -0.15) is 12.7 Å². The van der Waals surface area contributed by atoms with Gasteiger partial charge in [-0.25, -0.2) is 4.31 Å². The summed E-state index contributed by atoms with van der Waals surface area (Å²) in [6.45, 7) is 1.05. The van der Waals surface area contributed by atoms with Gasteiger partial charge in [0.25, 0.3) is 5.91 Å². The summed E-state index contributed by atoms with van der Waals surface area (Å²) in [5.41, 5.74) is 0.531. The van der Waals surface area contributed by atoms with Crippen molar-refractivity contribution in [3.8, 4) is 0 Å². The molecule has 1 aliphatic heterocycles. The van der Waals surface area contributed by atoms with Crippen molar-refractivity contribution in [2.24, 2.45) is 0 Å². The van der Waals surface area contributed by atoms with E-state index in [9.17, 15) is 13.2 Å². The summed E-state index contributed by atoms with van der Waals surface area (Å²) in [6.07, 6.45) is 1.23. The molecule has 0 atom stereocenters. The molecule has 1 N–H and O–H groups in total. The number of nitrogens with zero attached hydrogens (tertiary/aromatic N) is 2. The SMILES string of the molecule is CC1=CC(=O)N(c2ccccc2)S(=O)(=O)N1COCCO. The summed E-state index contributed by atoms with van der Waals surface area (Å²) in [5, 5.41) is 8.69. The minimum absolute atomic E-state index is 0.0125. The quantitative estimate of drug-likeness (QED) is 0.798.